The zero-order valence-electron chi connectivity index (χ0n) is 20.7. The fourth-order valence-corrected chi connectivity index (χ4v) is 4.21. The molecule has 3 aromatic rings. The molecule has 1 aliphatic heterocycles. The number of anilines is 3. The van der Waals surface area contributed by atoms with Gasteiger partial charge in [0.25, 0.3) is 11.8 Å². The molecule has 0 radical (unpaired) electrons. The van der Waals surface area contributed by atoms with Crippen LogP contribution in [0.3, 0.4) is 0 Å². The highest BCUT2D eigenvalue weighted by Gasteiger charge is 2.25. The number of aliphatic hydroxyl groups is 1. The Kier molecular flexibility index (Phi) is 8.12. The second-order valence-electron chi connectivity index (χ2n) is 8.90. The Hall–Kier alpha value is -3.98. The smallest absolute Gasteiger partial charge is 0.272 e. The number of aromatic nitrogens is 2. The largest absolute Gasteiger partial charge is 0.395 e. The van der Waals surface area contributed by atoms with Crippen molar-refractivity contribution in [2.45, 2.75) is 19.9 Å². The normalized spacial score (nSPS) is 13.6. The molecule has 0 atom stereocenters. The van der Waals surface area contributed by atoms with Gasteiger partial charge in [-0.15, -0.1) is 0 Å². The lowest BCUT2D eigenvalue weighted by Gasteiger charge is -2.36. The van der Waals surface area contributed by atoms with E-state index < -0.39 is 0 Å². The highest BCUT2D eigenvalue weighted by Crippen LogP contribution is 2.25. The zero-order chi connectivity index (χ0) is 25.5. The SMILES string of the molecule is CC(C)Nc1cccnc1N1CCN(C(=O)c2ccc(C(=O)N(CCO)c3ccccc3)cn2)CC1. The van der Waals surface area contributed by atoms with Gasteiger partial charge in [0.1, 0.15) is 5.69 Å². The lowest BCUT2D eigenvalue weighted by molar-refractivity contribution is 0.0740. The molecule has 0 unspecified atom stereocenters. The van der Waals surface area contributed by atoms with Crippen molar-refractivity contribution in [3.8, 4) is 0 Å². The van der Waals surface area contributed by atoms with Gasteiger partial charge in [0.05, 0.1) is 17.9 Å². The van der Waals surface area contributed by atoms with Gasteiger partial charge < -0.3 is 25.1 Å². The lowest BCUT2D eigenvalue weighted by Crippen LogP contribution is -2.49. The van der Waals surface area contributed by atoms with E-state index >= 15 is 0 Å². The number of carbonyl (C=O) groups excluding carboxylic acids is 2. The molecule has 4 rings (SSSR count). The fourth-order valence-electron chi connectivity index (χ4n) is 4.21. The van der Waals surface area contributed by atoms with Crippen molar-refractivity contribution in [1.29, 1.82) is 0 Å². The molecule has 0 aliphatic carbocycles. The van der Waals surface area contributed by atoms with Crippen LogP contribution in [0.25, 0.3) is 0 Å². The van der Waals surface area contributed by atoms with E-state index in [1.165, 1.54) is 11.1 Å². The summed E-state index contributed by atoms with van der Waals surface area (Å²) in [6, 6.07) is 16.6. The van der Waals surface area contributed by atoms with Crippen molar-refractivity contribution >= 4 is 29.0 Å². The molecule has 1 saturated heterocycles. The molecule has 9 nitrogen and oxygen atoms in total. The highest BCUT2D eigenvalue weighted by atomic mass is 16.3. The summed E-state index contributed by atoms with van der Waals surface area (Å²) in [7, 11) is 0. The Bertz CT molecular complexity index is 1160. The van der Waals surface area contributed by atoms with E-state index in [4.69, 9.17) is 0 Å². The molecule has 9 heteroatoms. The molecule has 2 amide bonds. The molecule has 188 valence electrons. The van der Waals surface area contributed by atoms with Gasteiger partial charge in [-0.3, -0.25) is 14.6 Å². The Morgan fingerprint density at radius 3 is 2.39 bits per heavy atom. The molecule has 0 saturated carbocycles. The van der Waals surface area contributed by atoms with Gasteiger partial charge in [-0.2, -0.15) is 0 Å². The fraction of sp³-hybridized carbons (Fsp3) is 0.333. The first-order chi connectivity index (χ1) is 17.5. The van der Waals surface area contributed by atoms with Crippen molar-refractivity contribution < 1.29 is 14.7 Å². The first-order valence-corrected chi connectivity index (χ1v) is 12.2. The minimum atomic E-state index is -0.281. The Balaban J connectivity index is 1.40. The number of amides is 2. The average Bonchev–Trinajstić information content (AvgIpc) is 2.92. The minimum absolute atomic E-state index is 0.162. The third-order valence-electron chi connectivity index (χ3n) is 5.96. The standard InChI is InChI=1S/C27H32N6O3/c1-20(2)30-23-9-6-12-28-25(23)31-13-15-32(16-14-31)27(36)24-11-10-21(19-29-24)26(35)33(17-18-34)22-7-4-3-5-8-22/h3-12,19-20,30,34H,13-18H2,1-2H3. The van der Waals surface area contributed by atoms with Crippen LogP contribution in [0.2, 0.25) is 0 Å². The van der Waals surface area contributed by atoms with Gasteiger partial charge in [-0.25, -0.2) is 4.98 Å². The van der Waals surface area contributed by atoms with E-state index in [2.05, 4.69) is 34.0 Å². The van der Waals surface area contributed by atoms with Crippen LogP contribution in [0.15, 0.2) is 67.0 Å². The average molecular weight is 489 g/mol. The monoisotopic (exact) mass is 488 g/mol. The number of rotatable bonds is 8. The summed E-state index contributed by atoms with van der Waals surface area (Å²) < 4.78 is 0. The van der Waals surface area contributed by atoms with E-state index in [0.29, 0.717) is 49.2 Å². The number of hydrogen-bond donors (Lipinski definition) is 2. The molecule has 2 aromatic heterocycles. The van der Waals surface area contributed by atoms with Gasteiger partial charge in [-0.05, 0) is 50.2 Å². The van der Waals surface area contributed by atoms with Crippen LogP contribution < -0.4 is 15.1 Å². The number of hydrogen-bond acceptors (Lipinski definition) is 7. The third-order valence-corrected chi connectivity index (χ3v) is 5.96. The summed E-state index contributed by atoms with van der Waals surface area (Å²) in [4.78, 5) is 40.4. The van der Waals surface area contributed by atoms with Crippen molar-refractivity contribution in [3.63, 3.8) is 0 Å². The van der Waals surface area contributed by atoms with E-state index in [-0.39, 0.29) is 25.0 Å². The van der Waals surface area contributed by atoms with E-state index in [9.17, 15) is 14.7 Å². The summed E-state index contributed by atoms with van der Waals surface area (Å²) in [6.45, 7) is 6.62. The molecule has 36 heavy (non-hydrogen) atoms. The summed E-state index contributed by atoms with van der Waals surface area (Å²) in [5, 5.41) is 12.9. The van der Waals surface area contributed by atoms with E-state index in [1.54, 1.807) is 23.2 Å². The van der Waals surface area contributed by atoms with Crippen LogP contribution in [0.1, 0.15) is 34.7 Å². The first-order valence-electron chi connectivity index (χ1n) is 12.2. The maximum Gasteiger partial charge on any atom is 0.272 e. The number of nitrogens with zero attached hydrogens (tertiary/aromatic N) is 5. The Labute approximate surface area is 211 Å². The maximum atomic E-state index is 13.1. The molecule has 3 heterocycles. The van der Waals surface area contributed by atoms with Crippen LogP contribution in [0.5, 0.6) is 0 Å². The molecule has 1 aliphatic rings. The van der Waals surface area contributed by atoms with Gasteiger partial charge in [0.15, 0.2) is 5.82 Å². The highest BCUT2D eigenvalue weighted by molar-refractivity contribution is 6.06. The van der Waals surface area contributed by atoms with Crippen LogP contribution in [-0.4, -0.2) is 77.2 Å². The van der Waals surface area contributed by atoms with Gasteiger partial charge in [0, 0.05) is 56.8 Å². The third kappa shape index (κ3) is 5.80. The topological polar surface area (TPSA) is 102 Å². The number of piperazine rings is 1. The Morgan fingerprint density at radius 2 is 1.75 bits per heavy atom. The van der Waals surface area contributed by atoms with E-state index in [0.717, 1.165) is 11.5 Å². The van der Waals surface area contributed by atoms with E-state index in [1.807, 2.05) is 42.5 Å². The number of carbonyl (C=O) groups is 2. The Morgan fingerprint density at radius 1 is 1.00 bits per heavy atom. The van der Waals surface area contributed by atoms with Crippen LogP contribution in [0.4, 0.5) is 17.2 Å². The molecular formula is C27H32N6O3. The second kappa shape index (κ2) is 11.6. The van der Waals surface area contributed by atoms with Crippen LogP contribution in [-0.2, 0) is 0 Å². The number of nitrogens with one attached hydrogen (secondary N) is 1. The van der Waals surface area contributed by atoms with Gasteiger partial charge in [-0.1, -0.05) is 18.2 Å². The molecule has 0 spiro atoms. The van der Waals surface area contributed by atoms with Crippen LogP contribution in [0, 0.1) is 0 Å². The summed E-state index contributed by atoms with van der Waals surface area (Å²) in [5.74, 6) is 0.451. The second-order valence-corrected chi connectivity index (χ2v) is 8.90. The zero-order valence-corrected chi connectivity index (χ0v) is 20.7. The van der Waals surface area contributed by atoms with Crippen LogP contribution >= 0.6 is 0 Å². The van der Waals surface area contributed by atoms with Gasteiger partial charge >= 0.3 is 0 Å². The number of benzene rings is 1. The predicted octanol–water partition coefficient (Wildman–Crippen LogP) is 2.90. The molecule has 2 N–H and O–H groups in total. The van der Waals surface area contributed by atoms with Crippen molar-refractivity contribution in [2.24, 2.45) is 0 Å². The summed E-state index contributed by atoms with van der Waals surface area (Å²) >= 11 is 0. The minimum Gasteiger partial charge on any atom is -0.395 e. The molecule has 1 fully saturated rings. The van der Waals surface area contributed by atoms with Gasteiger partial charge in [0.2, 0.25) is 0 Å². The lowest BCUT2D eigenvalue weighted by atomic mass is 10.2. The van der Waals surface area contributed by atoms with Crippen molar-refractivity contribution in [3.05, 3.63) is 78.2 Å². The first kappa shape index (κ1) is 25.1. The number of para-hydroxylation sites is 1. The van der Waals surface area contributed by atoms with Crippen molar-refractivity contribution in [1.82, 2.24) is 14.9 Å². The quantitative estimate of drug-likeness (QED) is 0.503. The van der Waals surface area contributed by atoms with Crippen molar-refractivity contribution in [2.75, 3.05) is 54.4 Å². The predicted molar refractivity (Wildman–Crippen MR) is 141 cm³/mol. The number of pyridine rings is 2. The maximum absolute atomic E-state index is 13.1. The number of aliphatic hydroxyl groups excluding tert-OH is 1. The molecule has 1 aromatic carbocycles. The summed E-state index contributed by atoms with van der Waals surface area (Å²) in [5.41, 5.74) is 2.33. The summed E-state index contributed by atoms with van der Waals surface area (Å²) in [6.07, 6.45) is 3.21. The molecule has 0 bridgehead atoms. The molecular weight excluding hydrogens is 456 g/mol.